The molecule has 0 aliphatic carbocycles. The van der Waals surface area contributed by atoms with Crippen molar-refractivity contribution in [2.24, 2.45) is 0 Å². The van der Waals surface area contributed by atoms with Crippen molar-refractivity contribution in [1.29, 1.82) is 0 Å². The molecule has 0 saturated heterocycles. The number of rotatable bonds is 3. The third-order valence-electron chi connectivity index (χ3n) is 1.77. The second kappa shape index (κ2) is 5.03. The van der Waals surface area contributed by atoms with Gasteiger partial charge in [0.25, 0.3) is 0 Å². The summed E-state index contributed by atoms with van der Waals surface area (Å²) in [6, 6.07) is 6.94. The Labute approximate surface area is 91.8 Å². The van der Waals surface area contributed by atoms with Crippen LogP contribution in [0.25, 0.3) is 0 Å². The molecule has 0 heterocycles. The molecular formula is C12H13FOS. The van der Waals surface area contributed by atoms with Gasteiger partial charge in [0.1, 0.15) is 10.8 Å². The average Bonchev–Trinajstić information content (AvgIpc) is 2.17. The summed E-state index contributed by atoms with van der Waals surface area (Å²) >= 11 is 0. The van der Waals surface area contributed by atoms with Crippen molar-refractivity contribution in [2.75, 3.05) is 0 Å². The standard InChI is InChI=1S/C12H13FOS/c1-9(2)8-12(13)15(14)11-6-4-10(3)5-7-11/h4-8H,1H2,2-3H3/b12-8+/t15-/m0/s1. The maximum Gasteiger partial charge on any atom is 0.191 e. The van der Waals surface area contributed by atoms with Crippen molar-refractivity contribution >= 4 is 10.8 Å². The molecule has 15 heavy (non-hydrogen) atoms. The van der Waals surface area contributed by atoms with Crippen LogP contribution in [0.4, 0.5) is 4.39 Å². The summed E-state index contributed by atoms with van der Waals surface area (Å²) in [4.78, 5) is 0.468. The summed E-state index contributed by atoms with van der Waals surface area (Å²) in [5.74, 6) is 0. The first-order valence-corrected chi connectivity index (χ1v) is 5.67. The van der Waals surface area contributed by atoms with Gasteiger partial charge in [0.2, 0.25) is 0 Å². The summed E-state index contributed by atoms with van der Waals surface area (Å²) < 4.78 is 25.0. The predicted molar refractivity (Wildman–Crippen MR) is 61.6 cm³/mol. The Bertz CT molecular complexity index is 418. The zero-order valence-corrected chi connectivity index (χ0v) is 9.60. The lowest BCUT2D eigenvalue weighted by Gasteiger charge is -2.00. The molecule has 0 saturated carbocycles. The van der Waals surface area contributed by atoms with Crippen LogP contribution in [-0.4, -0.2) is 4.21 Å². The highest BCUT2D eigenvalue weighted by molar-refractivity contribution is 7.88. The van der Waals surface area contributed by atoms with Crippen LogP contribution in [0.2, 0.25) is 0 Å². The molecule has 3 heteroatoms. The largest absolute Gasteiger partial charge is 0.247 e. The lowest BCUT2D eigenvalue weighted by atomic mass is 10.2. The maximum absolute atomic E-state index is 13.3. The molecule has 0 unspecified atom stereocenters. The van der Waals surface area contributed by atoms with Crippen LogP contribution in [0.5, 0.6) is 0 Å². The van der Waals surface area contributed by atoms with Gasteiger partial charge in [0.15, 0.2) is 5.16 Å². The Kier molecular flexibility index (Phi) is 3.97. The molecule has 0 radical (unpaired) electrons. The molecule has 0 aliphatic rings. The monoisotopic (exact) mass is 224 g/mol. The van der Waals surface area contributed by atoms with Crippen LogP contribution in [0.1, 0.15) is 12.5 Å². The SMILES string of the molecule is C=C(C)/C=C(\F)[S@@](=O)c1ccc(C)cc1. The summed E-state index contributed by atoms with van der Waals surface area (Å²) in [6.07, 6.45) is 1.19. The lowest BCUT2D eigenvalue weighted by Crippen LogP contribution is -1.92. The maximum atomic E-state index is 13.3. The number of benzene rings is 1. The first kappa shape index (κ1) is 11.9. The molecule has 1 rings (SSSR count). The Morgan fingerprint density at radius 2 is 1.93 bits per heavy atom. The lowest BCUT2D eigenvalue weighted by molar-refractivity contribution is 0.649. The van der Waals surface area contributed by atoms with Crippen LogP contribution in [0.15, 0.2) is 52.5 Å². The van der Waals surface area contributed by atoms with Gasteiger partial charge in [-0.15, -0.1) is 0 Å². The highest BCUT2D eigenvalue weighted by atomic mass is 32.2. The zero-order valence-electron chi connectivity index (χ0n) is 8.79. The smallest absolute Gasteiger partial charge is 0.191 e. The molecule has 0 bridgehead atoms. The van der Waals surface area contributed by atoms with Gasteiger partial charge in [-0.05, 0) is 32.1 Å². The van der Waals surface area contributed by atoms with E-state index in [0.717, 1.165) is 5.56 Å². The topological polar surface area (TPSA) is 17.1 Å². The second-order valence-corrected chi connectivity index (χ2v) is 4.78. The van der Waals surface area contributed by atoms with E-state index < -0.39 is 16.0 Å². The fraction of sp³-hybridized carbons (Fsp3) is 0.167. The fourth-order valence-corrected chi connectivity index (χ4v) is 1.94. The van der Waals surface area contributed by atoms with Crippen molar-refractivity contribution in [3.63, 3.8) is 0 Å². The van der Waals surface area contributed by atoms with E-state index in [1.165, 1.54) is 6.08 Å². The first-order chi connectivity index (χ1) is 7.00. The van der Waals surface area contributed by atoms with E-state index in [0.29, 0.717) is 10.5 Å². The van der Waals surface area contributed by atoms with Gasteiger partial charge in [0, 0.05) is 4.90 Å². The number of aryl methyl sites for hydroxylation is 1. The molecule has 1 aromatic carbocycles. The first-order valence-electron chi connectivity index (χ1n) is 4.52. The van der Waals surface area contributed by atoms with E-state index in [2.05, 4.69) is 6.58 Å². The van der Waals surface area contributed by atoms with E-state index in [1.54, 1.807) is 31.2 Å². The minimum absolute atomic E-state index is 0.468. The molecule has 0 amide bonds. The van der Waals surface area contributed by atoms with E-state index in [-0.39, 0.29) is 0 Å². The van der Waals surface area contributed by atoms with Crippen molar-refractivity contribution in [1.82, 2.24) is 0 Å². The van der Waals surface area contributed by atoms with Gasteiger partial charge in [-0.3, -0.25) is 0 Å². The van der Waals surface area contributed by atoms with Crippen LogP contribution in [0, 0.1) is 6.92 Å². The molecule has 1 aromatic rings. The van der Waals surface area contributed by atoms with Gasteiger partial charge >= 0.3 is 0 Å². The van der Waals surface area contributed by atoms with Crippen molar-refractivity contribution in [3.8, 4) is 0 Å². The van der Waals surface area contributed by atoms with Gasteiger partial charge in [-0.2, -0.15) is 4.39 Å². The van der Waals surface area contributed by atoms with Gasteiger partial charge < -0.3 is 0 Å². The molecule has 1 atom stereocenters. The van der Waals surface area contributed by atoms with E-state index >= 15 is 0 Å². The van der Waals surface area contributed by atoms with Crippen LogP contribution >= 0.6 is 0 Å². The highest BCUT2D eigenvalue weighted by Gasteiger charge is 2.08. The molecule has 0 N–H and O–H groups in total. The third kappa shape index (κ3) is 3.44. The Hall–Kier alpha value is -1.22. The van der Waals surface area contributed by atoms with Crippen molar-refractivity contribution in [3.05, 3.63) is 53.2 Å². The van der Waals surface area contributed by atoms with Crippen LogP contribution in [0.3, 0.4) is 0 Å². The second-order valence-electron chi connectivity index (χ2n) is 3.38. The predicted octanol–water partition coefficient (Wildman–Crippen LogP) is 3.49. The summed E-state index contributed by atoms with van der Waals surface area (Å²) in [5, 5.41) is -0.661. The molecular weight excluding hydrogens is 211 g/mol. The Balaban J connectivity index is 2.95. The molecule has 0 aliphatic heterocycles. The van der Waals surface area contributed by atoms with Gasteiger partial charge in [0.05, 0.1) is 0 Å². The minimum Gasteiger partial charge on any atom is -0.247 e. The zero-order chi connectivity index (χ0) is 11.4. The molecule has 0 aromatic heterocycles. The number of allylic oxidation sites excluding steroid dienone is 2. The number of halogens is 1. The Morgan fingerprint density at radius 1 is 1.40 bits per heavy atom. The summed E-state index contributed by atoms with van der Waals surface area (Å²) in [6.45, 7) is 7.12. The average molecular weight is 224 g/mol. The molecule has 0 spiro atoms. The number of hydrogen-bond acceptors (Lipinski definition) is 1. The number of hydrogen-bond donors (Lipinski definition) is 0. The van der Waals surface area contributed by atoms with Gasteiger partial charge in [-0.1, -0.05) is 29.8 Å². The van der Waals surface area contributed by atoms with E-state index in [1.807, 2.05) is 6.92 Å². The minimum atomic E-state index is -1.72. The molecule has 0 fully saturated rings. The normalized spacial score (nSPS) is 13.7. The van der Waals surface area contributed by atoms with Gasteiger partial charge in [-0.25, -0.2) is 4.21 Å². The van der Waals surface area contributed by atoms with Crippen molar-refractivity contribution < 1.29 is 8.60 Å². The fourth-order valence-electron chi connectivity index (χ4n) is 1.02. The van der Waals surface area contributed by atoms with Crippen LogP contribution in [-0.2, 0) is 10.8 Å². The van der Waals surface area contributed by atoms with Crippen molar-refractivity contribution in [2.45, 2.75) is 18.7 Å². The van der Waals surface area contributed by atoms with Crippen LogP contribution < -0.4 is 0 Å². The highest BCUT2D eigenvalue weighted by Crippen LogP contribution is 2.17. The Morgan fingerprint density at radius 3 is 2.40 bits per heavy atom. The van der Waals surface area contributed by atoms with E-state index in [9.17, 15) is 8.60 Å². The van der Waals surface area contributed by atoms with E-state index in [4.69, 9.17) is 0 Å². The quantitative estimate of drug-likeness (QED) is 0.718. The summed E-state index contributed by atoms with van der Waals surface area (Å²) in [7, 11) is -1.72. The molecule has 1 nitrogen and oxygen atoms in total. The third-order valence-corrected chi connectivity index (χ3v) is 2.94. The summed E-state index contributed by atoms with van der Waals surface area (Å²) in [5.41, 5.74) is 1.60. The molecule has 80 valence electrons.